The maximum Gasteiger partial charge on any atom is 0.00670 e. The summed E-state index contributed by atoms with van der Waals surface area (Å²) in [4.78, 5) is 0. The fraction of sp³-hybridized carbons (Fsp3) is 1.00. The fourth-order valence-corrected chi connectivity index (χ4v) is 2.91. The minimum Gasteiger partial charge on any atom is -0.314 e. The first-order chi connectivity index (χ1) is 6.84. The quantitative estimate of drug-likeness (QED) is 0.654. The smallest absolute Gasteiger partial charge is 0.00670 e. The third-order valence-corrected chi connectivity index (χ3v) is 4.23. The SMILES string of the molecule is CCSCCCNC(C)C1CCCC1. The number of hydrogen-bond acceptors (Lipinski definition) is 2. The first kappa shape index (κ1) is 12.4. The summed E-state index contributed by atoms with van der Waals surface area (Å²) in [5, 5.41) is 3.67. The van der Waals surface area contributed by atoms with Crippen molar-refractivity contribution in [1.82, 2.24) is 5.32 Å². The van der Waals surface area contributed by atoms with Gasteiger partial charge in [-0.05, 0) is 50.2 Å². The van der Waals surface area contributed by atoms with Gasteiger partial charge in [0.15, 0.2) is 0 Å². The fourth-order valence-electron chi connectivity index (χ4n) is 2.27. The molecule has 0 bridgehead atoms. The van der Waals surface area contributed by atoms with E-state index in [4.69, 9.17) is 0 Å². The van der Waals surface area contributed by atoms with Gasteiger partial charge in [-0.2, -0.15) is 11.8 Å². The van der Waals surface area contributed by atoms with E-state index in [1.165, 1.54) is 50.2 Å². The molecule has 1 nitrogen and oxygen atoms in total. The molecule has 1 aliphatic carbocycles. The van der Waals surface area contributed by atoms with Crippen molar-refractivity contribution in [3.05, 3.63) is 0 Å². The monoisotopic (exact) mass is 215 g/mol. The highest BCUT2D eigenvalue weighted by Crippen LogP contribution is 2.27. The Bertz CT molecular complexity index is 132. The lowest BCUT2D eigenvalue weighted by Crippen LogP contribution is -2.33. The summed E-state index contributed by atoms with van der Waals surface area (Å²) in [6, 6.07) is 0.754. The van der Waals surface area contributed by atoms with Gasteiger partial charge in [-0.3, -0.25) is 0 Å². The molecule has 0 aromatic rings. The van der Waals surface area contributed by atoms with Crippen molar-refractivity contribution in [2.75, 3.05) is 18.1 Å². The van der Waals surface area contributed by atoms with Crippen molar-refractivity contribution in [2.45, 2.75) is 52.0 Å². The molecule has 1 saturated carbocycles. The van der Waals surface area contributed by atoms with Gasteiger partial charge in [0.25, 0.3) is 0 Å². The summed E-state index contributed by atoms with van der Waals surface area (Å²) in [5.41, 5.74) is 0. The molecule has 1 rings (SSSR count). The van der Waals surface area contributed by atoms with Gasteiger partial charge in [0.1, 0.15) is 0 Å². The Kier molecular flexibility index (Phi) is 6.70. The van der Waals surface area contributed by atoms with Crippen LogP contribution >= 0.6 is 11.8 Å². The normalized spacial score (nSPS) is 20.1. The first-order valence-electron chi connectivity index (χ1n) is 6.15. The predicted octanol–water partition coefficient (Wildman–Crippen LogP) is 3.30. The topological polar surface area (TPSA) is 12.0 Å². The Morgan fingerprint density at radius 2 is 2.07 bits per heavy atom. The molecule has 1 N–H and O–H groups in total. The molecule has 14 heavy (non-hydrogen) atoms. The summed E-state index contributed by atoms with van der Waals surface area (Å²) in [7, 11) is 0. The highest BCUT2D eigenvalue weighted by Gasteiger charge is 2.20. The van der Waals surface area contributed by atoms with Crippen LogP contribution in [0.2, 0.25) is 0 Å². The van der Waals surface area contributed by atoms with Gasteiger partial charge >= 0.3 is 0 Å². The van der Waals surface area contributed by atoms with Gasteiger partial charge in [0.05, 0.1) is 0 Å². The summed E-state index contributed by atoms with van der Waals surface area (Å²) in [6.45, 7) is 5.81. The lowest BCUT2D eigenvalue weighted by atomic mass is 10.00. The highest BCUT2D eigenvalue weighted by atomic mass is 32.2. The molecule has 1 fully saturated rings. The second-order valence-electron chi connectivity index (χ2n) is 4.34. The maximum absolute atomic E-state index is 3.67. The van der Waals surface area contributed by atoms with Crippen molar-refractivity contribution >= 4 is 11.8 Å². The molecule has 84 valence electrons. The van der Waals surface area contributed by atoms with Crippen LogP contribution in [0.15, 0.2) is 0 Å². The Morgan fingerprint density at radius 3 is 2.71 bits per heavy atom. The molecule has 0 aromatic carbocycles. The van der Waals surface area contributed by atoms with Crippen LogP contribution in [0.4, 0.5) is 0 Å². The largest absolute Gasteiger partial charge is 0.314 e. The molecule has 0 amide bonds. The lowest BCUT2D eigenvalue weighted by molar-refractivity contribution is 0.383. The third-order valence-electron chi connectivity index (χ3n) is 3.24. The van der Waals surface area contributed by atoms with Crippen LogP contribution in [0, 0.1) is 5.92 Å². The number of thioether (sulfide) groups is 1. The first-order valence-corrected chi connectivity index (χ1v) is 7.31. The molecule has 0 aromatic heterocycles. The average molecular weight is 215 g/mol. The van der Waals surface area contributed by atoms with E-state index in [9.17, 15) is 0 Å². The van der Waals surface area contributed by atoms with E-state index in [1.807, 2.05) is 0 Å². The van der Waals surface area contributed by atoms with Crippen molar-refractivity contribution < 1.29 is 0 Å². The molecular weight excluding hydrogens is 190 g/mol. The Labute approximate surface area is 93.4 Å². The van der Waals surface area contributed by atoms with Crippen molar-refractivity contribution in [1.29, 1.82) is 0 Å². The van der Waals surface area contributed by atoms with Crippen molar-refractivity contribution in [3.8, 4) is 0 Å². The van der Waals surface area contributed by atoms with Crippen LogP contribution in [0.1, 0.15) is 46.0 Å². The van der Waals surface area contributed by atoms with E-state index in [0.717, 1.165) is 12.0 Å². The Hall–Kier alpha value is 0.310. The molecule has 1 atom stereocenters. The number of nitrogens with one attached hydrogen (secondary N) is 1. The molecule has 0 radical (unpaired) electrons. The van der Waals surface area contributed by atoms with Gasteiger partial charge in [-0.25, -0.2) is 0 Å². The van der Waals surface area contributed by atoms with Crippen LogP contribution in [-0.4, -0.2) is 24.1 Å². The van der Waals surface area contributed by atoms with E-state index >= 15 is 0 Å². The zero-order valence-electron chi connectivity index (χ0n) is 9.72. The van der Waals surface area contributed by atoms with Crippen LogP contribution in [0.3, 0.4) is 0 Å². The maximum atomic E-state index is 3.67. The van der Waals surface area contributed by atoms with Gasteiger partial charge in [0.2, 0.25) is 0 Å². The molecule has 0 saturated heterocycles. The molecular formula is C12H25NS. The number of rotatable bonds is 7. The van der Waals surface area contributed by atoms with E-state index in [0.29, 0.717) is 0 Å². The second-order valence-corrected chi connectivity index (χ2v) is 5.73. The van der Waals surface area contributed by atoms with E-state index < -0.39 is 0 Å². The van der Waals surface area contributed by atoms with Crippen LogP contribution in [0.25, 0.3) is 0 Å². The van der Waals surface area contributed by atoms with Gasteiger partial charge < -0.3 is 5.32 Å². The van der Waals surface area contributed by atoms with E-state index in [1.54, 1.807) is 0 Å². The van der Waals surface area contributed by atoms with E-state index in [-0.39, 0.29) is 0 Å². The molecule has 2 heteroatoms. The van der Waals surface area contributed by atoms with Gasteiger partial charge in [0, 0.05) is 6.04 Å². The van der Waals surface area contributed by atoms with Crippen LogP contribution in [-0.2, 0) is 0 Å². The molecule has 0 heterocycles. The Balaban J connectivity index is 1.94. The van der Waals surface area contributed by atoms with Gasteiger partial charge in [-0.15, -0.1) is 0 Å². The van der Waals surface area contributed by atoms with Gasteiger partial charge in [-0.1, -0.05) is 19.8 Å². The molecule has 0 aliphatic heterocycles. The van der Waals surface area contributed by atoms with E-state index in [2.05, 4.69) is 30.9 Å². The molecule has 0 spiro atoms. The standard InChI is InChI=1S/C12H25NS/c1-3-14-10-6-9-13-11(2)12-7-4-5-8-12/h11-13H,3-10H2,1-2H3. The second kappa shape index (κ2) is 7.58. The minimum atomic E-state index is 0.754. The van der Waals surface area contributed by atoms with Crippen molar-refractivity contribution in [3.63, 3.8) is 0 Å². The van der Waals surface area contributed by atoms with Crippen LogP contribution in [0.5, 0.6) is 0 Å². The summed E-state index contributed by atoms with van der Waals surface area (Å²) >= 11 is 2.05. The zero-order valence-corrected chi connectivity index (χ0v) is 10.5. The lowest BCUT2D eigenvalue weighted by Gasteiger charge is -2.20. The molecule has 1 aliphatic rings. The zero-order chi connectivity index (χ0) is 10.2. The highest BCUT2D eigenvalue weighted by molar-refractivity contribution is 7.99. The average Bonchev–Trinajstić information content (AvgIpc) is 2.70. The minimum absolute atomic E-state index is 0.754. The van der Waals surface area contributed by atoms with Crippen LogP contribution < -0.4 is 5.32 Å². The Morgan fingerprint density at radius 1 is 1.36 bits per heavy atom. The summed E-state index contributed by atoms with van der Waals surface area (Å²) in [6.07, 6.45) is 7.16. The van der Waals surface area contributed by atoms with Crippen molar-refractivity contribution in [2.24, 2.45) is 5.92 Å². The predicted molar refractivity (Wildman–Crippen MR) is 67.0 cm³/mol. The molecule has 1 unspecified atom stereocenters. The summed E-state index contributed by atoms with van der Waals surface area (Å²) in [5.74, 6) is 3.55. The number of hydrogen-bond donors (Lipinski definition) is 1. The third kappa shape index (κ3) is 4.70. The summed E-state index contributed by atoms with van der Waals surface area (Å²) < 4.78 is 0.